The summed E-state index contributed by atoms with van der Waals surface area (Å²) in [6.07, 6.45) is 6.52. The summed E-state index contributed by atoms with van der Waals surface area (Å²) in [6.45, 7) is 4.45. The summed E-state index contributed by atoms with van der Waals surface area (Å²) in [7, 11) is 4.49. The molecule has 1 heterocycles. The molecular weight excluding hydrogens is 902 g/mol. The van der Waals surface area contributed by atoms with Gasteiger partial charge >= 0.3 is 12.2 Å². The molecule has 4 aromatic carbocycles. The summed E-state index contributed by atoms with van der Waals surface area (Å²) < 4.78 is 57.4. The van der Waals surface area contributed by atoms with E-state index in [0.29, 0.717) is 66.5 Å². The molecular formula is C54H64FN3O12. The topological polar surface area (TPSA) is 176 Å². The third-order valence-corrected chi connectivity index (χ3v) is 13.1. The van der Waals surface area contributed by atoms with E-state index in [0.717, 1.165) is 29.5 Å². The van der Waals surface area contributed by atoms with Crippen LogP contribution in [0, 0.1) is 23.6 Å². The van der Waals surface area contributed by atoms with Crippen molar-refractivity contribution in [3.8, 4) is 23.0 Å². The molecule has 7 rings (SSSR count). The van der Waals surface area contributed by atoms with Crippen LogP contribution in [0.15, 0.2) is 120 Å². The maximum Gasteiger partial charge on any atom is 0.417 e. The highest BCUT2D eigenvalue weighted by molar-refractivity contribution is 6.03. The highest BCUT2D eigenvalue weighted by atomic mass is 19.1. The van der Waals surface area contributed by atoms with Gasteiger partial charge in [-0.3, -0.25) is 10.2 Å². The number of halogens is 1. The molecule has 374 valence electrons. The van der Waals surface area contributed by atoms with Gasteiger partial charge in [0.1, 0.15) is 48.6 Å². The van der Waals surface area contributed by atoms with Crippen LogP contribution in [0.1, 0.15) is 67.6 Å². The standard InChI is InChI=1S/C54H64FN3O12/c1-5-27-68-54-49(58(34-36-17-19-39(55)20-18-36)53(62)67-29-28-66-35-37-13-7-6-8-14-37)33-46(57-65-4)43-30-38(15-9-11-25-59)42(16-10-12-26-60)50(51(43)54)44-31-41(22-24-47(44)70-54)69-52(61)56-45-23-21-40(63-2)32-48(45)64-3/h5-8,13-14,17-24,30-32,38,42,49-51,59-60H,1,9-12,15-16,25-29,33-35H2,2-4H3,(H,56,61)/t38-,42+,49-,50+,51+,54+/m0/s1. The molecule has 2 aliphatic carbocycles. The Morgan fingerprint density at radius 3 is 2.37 bits per heavy atom. The second-order valence-corrected chi connectivity index (χ2v) is 17.4. The lowest BCUT2D eigenvalue weighted by Crippen LogP contribution is -2.70. The van der Waals surface area contributed by atoms with Gasteiger partial charge in [-0.25, -0.2) is 14.0 Å². The number of benzene rings is 4. The predicted molar refractivity (Wildman–Crippen MR) is 261 cm³/mol. The van der Waals surface area contributed by atoms with Crippen LogP contribution >= 0.6 is 0 Å². The SMILES string of the molecule is C=CCO[C@@]12Oc3ccc(OC(=O)Nc4ccc(OC)cc4OC)cc3[C@H]3[C@H](CCCCO)[C@@H](CCCCO)C=C(C(=NOC)C[C@@H]1N(Cc1ccc(F)cc1)C(=O)OCCOCc1ccccc1)[C@H]32. The maximum absolute atomic E-state index is 14.8. The molecule has 1 saturated carbocycles. The Kier molecular flexibility index (Phi) is 18.3. The number of aliphatic hydroxyl groups excluding tert-OH is 2. The van der Waals surface area contributed by atoms with E-state index in [9.17, 15) is 24.2 Å². The summed E-state index contributed by atoms with van der Waals surface area (Å²) in [6, 6.07) is 24.8. The largest absolute Gasteiger partial charge is 0.497 e. The molecule has 15 nitrogen and oxygen atoms in total. The number of unbranched alkanes of at least 4 members (excludes halogenated alkanes) is 2. The van der Waals surface area contributed by atoms with Gasteiger partial charge in [0, 0.05) is 43.7 Å². The molecule has 0 unspecified atom stereocenters. The van der Waals surface area contributed by atoms with Gasteiger partial charge in [-0.1, -0.05) is 72.6 Å². The van der Waals surface area contributed by atoms with Crippen molar-refractivity contribution in [3.05, 3.63) is 138 Å². The second kappa shape index (κ2) is 24.9. The fourth-order valence-electron chi connectivity index (χ4n) is 10.1. The molecule has 0 spiro atoms. The Hall–Kier alpha value is -6.46. The van der Waals surface area contributed by atoms with Crippen molar-refractivity contribution in [1.29, 1.82) is 0 Å². The lowest BCUT2D eigenvalue weighted by atomic mass is 9.55. The maximum atomic E-state index is 14.8. The molecule has 16 heteroatoms. The number of aliphatic hydroxyl groups is 2. The van der Waals surface area contributed by atoms with E-state index < -0.39 is 41.7 Å². The van der Waals surface area contributed by atoms with Gasteiger partial charge in [0.2, 0.25) is 5.79 Å². The monoisotopic (exact) mass is 965 g/mol. The molecule has 4 aromatic rings. The molecule has 3 aliphatic rings. The summed E-state index contributed by atoms with van der Waals surface area (Å²) in [5, 5.41) is 27.4. The Bertz CT molecular complexity index is 2430. The summed E-state index contributed by atoms with van der Waals surface area (Å²) >= 11 is 0. The third-order valence-electron chi connectivity index (χ3n) is 13.1. The number of allylic oxidation sites excluding steroid dienone is 1. The zero-order valence-electron chi connectivity index (χ0n) is 40.1. The minimum atomic E-state index is -1.62. The van der Waals surface area contributed by atoms with Gasteiger partial charge < -0.3 is 48.2 Å². The molecule has 2 amide bonds. The van der Waals surface area contributed by atoms with Gasteiger partial charge in [0.05, 0.1) is 51.4 Å². The van der Waals surface area contributed by atoms with E-state index in [2.05, 4.69) is 23.1 Å². The number of anilines is 1. The zero-order valence-corrected chi connectivity index (χ0v) is 40.1. The number of nitrogens with zero attached hydrogens (tertiary/aromatic N) is 2. The zero-order chi connectivity index (χ0) is 49.5. The first-order valence-corrected chi connectivity index (χ1v) is 23.8. The lowest BCUT2D eigenvalue weighted by Gasteiger charge is -2.59. The van der Waals surface area contributed by atoms with Crippen molar-refractivity contribution in [2.75, 3.05) is 59.7 Å². The van der Waals surface area contributed by atoms with Gasteiger partial charge in [0.25, 0.3) is 0 Å². The number of methoxy groups -OCH3 is 2. The summed E-state index contributed by atoms with van der Waals surface area (Å²) in [5.41, 5.74) is 4.09. The molecule has 3 N–H and O–H groups in total. The van der Waals surface area contributed by atoms with Crippen molar-refractivity contribution in [1.82, 2.24) is 4.90 Å². The van der Waals surface area contributed by atoms with E-state index in [1.165, 1.54) is 33.5 Å². The number of hydrogen-bond acceptors (Lipinski definition) is 13. The van der Waals surface area contributed by atoms with Crippen LogP contribution in [-0.2, 0) is 32.2 Å². The normalized spacial score (nSPS) is 21.5. The predicted octanol–water partition coefficient (Wildman–Crippen LogP) is 9.57. The van der Waals surface area contributed by atoms with Crippen LogP contribution in [-0.4, -0.2) is 99.2 Å². The Morgan fingerprint density at radius 1 is 0.900 bits per heavy atom. The first-order valence-electron chi connectivity index (χ1n) is 23.8. The van der Waals surface area contributed by atoms with Crippen molar-refractivity contribution in [3.63, 3.8) is 0 Å². The molecule has 70 heavy (non-hydrogen) atoms. The number of oxime groups is 1. The summed E-state index contributed by atoms with van der Waals surface area (Å²) in [4.78, 5) is 35.6. The number of hydrogen-bond donors (Lipinski definition) is 3. The van der Waals surface area contributed by atoms with Crippen LogP contribution in [0.5, 0.6) is 23.0 Å². The number of ether oxygens (including phenoxy) is 7. The highest BCUT2D eigenvalue weighted by Gasteiger charge is 2.65. The van der Waals surface area contributed by atoms with Crippen LogP contribution < -0.4 is 24.3 Å². The molecule has 0 aromatic heterocycles. The Labute approximate surface area is 408 Å². The van der Waals surface area contributed by atoms with E-state index in [1.54, 1.807) is 53.4 Å². The number of carbonyl (C=O) groups excluding carboxylic acids is 2. The molecule has 0 saturated heterocycles. The van der Waals surface area contributed by atoms with Crippen molar-refractivity contribution >= 4 is 23.6 Å². The smallest absolute Gasteiger partial charge is 0.417 e. The lowest BCUT2D eigenvalue weighted by molar-refractivity contribution is -0.256. The van der Waals surface area contributed by atoms with E-state index in [4.69, 9.17) is 38.0 Å². The first kappa shape index (κ1) is 51.4. The second-order valence-electron chi connectivity index (χ2n) is 17.4. The Morgan fingerprint density at radius 2 is 1.66 bits per heavy atom. The van der Waals surface area contributed by atoms with Gasteiger partial charge in [-0.15, -0.1) is 6.58 Å². The van der Waals surface area contributed by atoms with Crippen LogP contribution in [0.25, 0.3) is 0 Å². The molecule has 6 atom stereocenters. The quantitative estimate of drug-likeness (QED) is 0.0345. The van der Waals surface area contributed by atoms with E-state index in [1.807, 2.05) is 36.4 Å². The van der Waals surface area contributed by atoms with Crippen LogP contribution in [0.3, 0.4) is 0 Å². The molecule has 1 fully saturated rings. The van der Waals surface area contributed by atoms with E-state index >= 15 is 0 Å². The summed E-state index contributed by atoms with van der Waals surface area (Å²) in [5.74, 6) is -1.68. The minimum absolute atomic E-state index is 0.0136. The van der Waals surface area contributed by atoms with Crippen LogP contribution in [0.2, 0.25) is 0 Å². The third kappa shape index (κ3) is 12.1. The number of nitrogens with one attached hydrogen (secondary N) is 1. The number of carbonyl (C=O) groups is 2. The Balaban J connectivity index is 1.34. The molecule has 0 bridgehead atoms. The highest BCUT2D eigenvalue weighted by Crippen LogP contribution is 2.62. The number of fused-ring (bicyclic) bond motifs is 2. The molecule has 0 radical (unpaired) electrons. The van der Waals surface area contributed by atoms with Gasteiger partial charge in [-0.2, -0.15) is 0 Å². The van der Waals surface area contributed by atoms with E-state index in [-0.39, 0.29) is 63.6 Å². The molecule has 1 aliphatic heterocycles. The minimum Gasteiger partial charge on any atom is -0.497 e. The fraction of sp³-hybridized carbons (Fsp3) is 0.426. The number of rotatable bonds is 24. The van der Waals surface area contributed by atoms with Crippen molar-refractivity contribution in [2.24, 2.45) is 22.9 Å². The van der Waals surface area contributed by atoms with Crippen molar-refractivity contribution in [2.45, 2.75) is 75.8 Å². The average molecular weight is 966 g/mol. The van der Waals surface area contributed by atoms with Crippen LogP contribution in [0.4, 0.5) is 19.7 Å². The van der Waals surface area contributed by atoms with Crippen molar-refractivity contribution < 1.29 is 62.2 Å². The van der Waals surface area contributed by atoms with Gasteiger partial charge in [0.15, 0.2) is 0 Å². The fourth-order valence-corrected chi connectivity index (χ4v) is 10.1. The first-order chi connectivity index (χ1) is 34.2. The average Bonchev–Trinajstić information content (AvgIpc) is 3.37. The number of amides is 2. The van der Waals surface area contributed by atoms with Gasteiger partial charge in [-0.05, 0) is 96.7 Å².